The summed E-state index contributed by atoms with van der Waals surface area (Å²) in [5.41, 5.74) is 9.33. The van der Waals surface area contributed by atoms with Gasteiger partial charge >= 0.3 is 11.9 Å². The number of aliphatic carboxylic acids is 1. The van der Waals surface area contributed by atoms with Crippen molar-refractivity contribution in [1.29, 1.82) is 0 Å². The van der Waals surface area contributed by atoms with Crippen molar-refractivity contribution in [2.24, 2.45) is 7.05 Å². The van der Waals surface area contributed by atoms with Gasteiger partial charge in [0.25, 0.3) is 0 Å². The Morgan fingerprint density at radius 1 is 1.04 bits per heavy atom. The van der Waals surface area contributed by atoms with Crippen molar-refractivity contribution in [2.75, 3.05) is 19.7 Å². The third kappa shape index (κ3) is 6.60. The van der Waals surface area contributed by atoms with Crippen LogP contribution in [0.1, 0.15) is 59.3 Å². The number of piperidine rings is 1. The van der Waals surface area contributed by atoms with Crippen LogP contribution in [-0.4, -0.2) is 63.3 Å². The van der Waals surface area contributed by atoms with Gasteiger partial charge in [-0.2, -0.15) is 5.10 Å². The van der Waals surface area contributed by atoms with E-state index in [1.54, 1.807) is 0 Å². The number of carboxylic acids is 1. The average molecular weight is 654 g/mol. The van der Waals surface area contributed by atoms with Gasteiger partial charge in [0.05, 0.1) is 12.3 Å². The Morgan fingerprint density at radius 3 is 2.31 bits per heavy atom. The summed E-state index contributed by atoms with van der Waals surface area (Å²) >= 11 is 13.2. The Bertz CT molecular complexity index is 1700. The second-order valence-electron chi connectivity index (χ2n) is 11.9. The molecule has 2 aromatic carbocycles. The number of carbonyl (C=O) groups excluding carboxylic acids is 2. The normalized spacial score (nSPS) is 15.0. The van der Waals surface area contributed by atoms with Gasteiger partial charge in [0.1, 0.15) is 5.75 Å². The lowest BCUT2D eigenvalue weighted by Crippen LogP contribution is -2.48. The smallest absolute Gasteiger partial charge is 0.394 e. The van der Waals surface area contributed by atoms with Gasteiger partial charge in [-0.25, -0.2) is 4.79 Å². The minimum Gasteiger partial charge on any atom is -0.494 e. The predicted molar refractivity (Wildman–Crippen MR) is 175 cm³/mol. The Morgan fingerprint density at radius 2 is 1.71 bits per heavy atom. The molecule has 0 unspecified atom stereocenters. The molecule has 0 radical (unpaired) electrons. The number of rotatable bonds is 8. The maximum atomic E-state index is 13.9. The maximum absolute atomic E-state index is 13.9. The van der Waals surface area contributed by atoms with Crippen molar-refractivity contribution < 1.29 is 24.2 Å². The molecule has 0 spiro atoms. The van der Waals surface area contributed by atoms with Crippen LogP contribution in [0.4, 0.5) is 0 Å². The monoisotopic (exact) mass is 652 g/mol. The molecule has 1 fully saturated rings. The molecular weight excluding hydrogens is 615 g/mol. The number of nitrogens with zero attached hydrogens (tertiary/aromatic N) is 3. The minimum absolute atomic E-state index is 0.157. The molecule has 11 heteroatoms. The van der Waals surface area contributed by atoms with Crippen LogP contribution in [0.25, 0.3) is 16.7 Å². The van der Waals surface area contributed by atoms with Gasteiger partial charge in [0.2, 0.25) is 5.91 Å². The Hall–Kier alpha value is -3.82. The number of carbonyl (C=O) groups is 3. The number of ether oxygens (including phenoxy) is 1. The number of fused-ring (bicyclic) bond motifs is 1. The summed E-state index contributed by atoms with van der Waals surface area (Å²) in [6.07, 6.45) is 2.70. The van der Waals surface area contributed by atoms with Crippen LogP contribution in [0.15, 0.2) is 29.8 Å². The number of allylic oxidation sites excluding steroid dienone is 1. The van der Waals surface area contributed by atoms with Gasteiger partial charge in [-0.1, -0.05) is 29.3 Å². The third-order valence-corrected chi connectivity index (χ3v) is 9.80. The summed E-state index contributed by atoms with van der Waals surface area (Å²) in [6, 6.07) is 7.59. The average Bonchev–Trinajstić information content (AvgIpc) is 3.49. The van der Waals surface area contributed by atoms with E-state index in [-0.39, 0.29) is 25.0 Å². The van der Waals surface area contributed by atoms with Crippen molar-refractivity contribution >= 4 is 46.6 Å². The number of halogens is 2. The molecule has 1 saturated heterocycles. The van der Waals surface area contributed by atoms with Gasteiger partial charge in [-0.3, -0.25) is 14.3 Å². The SMILES string of the molecule is Cc1cc(OCCCC2=C(C(=O)NC3CCN(C(=O)C(=O)O)CC3)Cc3c2ccc(Cl)c3-c2c(C)nn(C)c2C)cc(C)c1Cl. The topological polar surface area (TPSA) is 114 Å². The highest BCUT2D eigenvalue weighted by Crippen LogP contribution is 2.45. The van der Waals surface area contributed by atoms with Crippen LogP contribution in [0.3, 0.4) is 0 Å². The van der Waals surface area contributed by atoms with Crippen LogP contribution < -0.4 is 10.1 Å². The standard InChI is InChI=1S/C34H38Cl2N4O5/c1-18-15-23(16-19(2)31(18)36)45-14-6-7-24-25-8-9-28(35)30(29-20(3)38-39(5)21(29)4)26(25)17-27(24)32(41)37-22-10-12-40(13-11-22)33(42)34(43)44/h8-9,15-16,22H,6-7,10-14,17H2,1-5H3,(H,37,41)(H,43,44). The molecule has 0 atom stereocenters. The fourth-order valence-electron chi connectivity index (χ4n) is 6.50. The molecule has 1 aliphatic carbocycles. The summed E-state index contributed by atoms with van der Waals surface area (Å²) in [5.74, 6) is -1.77. The molecular formula is C34H38Cl2N4O5. The van der Waals surface area contributed by atoms with Gasteiger partial charge in [0.15, 0.2) is 0 Å². The molecule has 1 aliphatic heterocycles. The molecule has 9 nitrogen and oxygen atoms in total. The maximum Gasteiger partial charge on any atom is 0.394 e. The van der Waals surface area contributed by atoms with Crippen LogP contribution in [-0.2, 0) is 27.9 Å². The first kappa shape index (κ1) is 32.6. The number of aromatic nitrogens is 2. The summed E-state index contributed by atoms with van der Waals surface area (Å²) < 4.78 is 7.94. The summed E-state index contributed by atoms with van der Waals surface area (Å²) in [7, 11) is 1.91. The third-order valence-electron chi connectivity index (χ3n) is 8.89. The summed E-state index contributed by atoms with van der Waals surface area (Å²) in [4.78, 5) is 38.2. The minimum atomic E-state index is -1.46. The lowest BCUT2D eigenvalue weighted by Gasteiger charge is -2.31. The highest BCUT2D eigenvalue weighted by Gasteiger charge is 2.33. The zero-order chi connectivity index (χ0) is 32.6. The molecule has 2 heterocycles. The molecule has 3 aromatic rings. The molecule has 2 amide bonds. The number of likely N-dealkylation sites (tertiary alicyclic amines) is 1. The Balaban J connectivity index is 1.40. The number of hydrogen-bond donors (Lipinski definition) is 2. The second kappa shape index (κ2) is 13.3. The van der Waals surface area contributed by atoms with Crippen LogP contribution in [0.2, 0.25) is 10.0 Å². The number of aryl methyl sites for hydroxylation is 4. The highest BCUT2D eigenvalue weighted by atomic mass is 35.5. The molecule has 1 aromatic heterocycles. The van der Waals surface area contributed by atoms with Crippen molar-refractivity contribution in [3.8, 4) is 16.9 Å². The van der Waals surface area contributed by atoms with E-state index in [0.29, 0.717) is 49.3 Å². The van der Waals surface area contributed by atoms with E-state index in [1.165, 1.54) is 4.90 Å². The van der Waals surface area contributed by atoms with Crippen molar-refractivity contribution in [3.05, 3.63) is 73.5 Å². The fraction of sp³-hybridized carbons (Fsp3) is 0.412. The Kier molecular flexibility index (Phi) is 9.60. The number of hydrogen-bond acceptors (Lipinski definition) is 5. The zero-order valence-corrected chi connectivity index (χ0v) is 27.7. The Labute approximate surface area is 273 Å². The number of nitrogens with one attached hydrogen (secondary N) is 1. The van der Waals surface area contributed by atoms with Crippen molar-refractivity contribution in [1.82, 2.24) is 20.0 Å². The van der Waals surface area contributed by atoms with Crippen LogP contribution >= 0.6 is 23.2 Å². The quantitative estimate of drug-likeness (QED) is 0.228. The second-order valence-corrected chi connectivity index (χ2v) is 12.7. The highest BCUT2D eigenvalue weighted by molar-refractivity contribution is 6.34. The lowest BCUT2D eigenvalue weighted by atomic mass is 9.93. The van der Waals surface area contributed by atoms with E-state index in [2.05, 4.69) is 10.4 Å². The molecule has 2 aliphatic rings. The van der Waals surface area contributed by atoms with Gasteiger partial charge in [-0.05, 0) is 99.4 Å². The van der Waals surface area contributed by atoms with Gasteiger partial charge < -0.3 is 20.1 Å². The van der Waals surface area contributed by atoms with Gasteiger partial charge in [0, 0.05) is 65.0 Å². The molecule has 238 valence electrons. The first-order valence-corrected chi connectivity index (χ1v) is 15.9. The zero-order valence-electron chi connectivity index (χ0n) is 26.2. The summed E-state index contributed by atoms with van der Waals surface area (Å²) in [5, 5.41) is 18.2. The van der Waals surface area contributed by atoms with Gasteiger partial charge in [-0.15, -0.1) is 0 Å². The largest absolute Gasteiger partial charge is 0.494 e. The molecule has 5 rings (SSSR count). The number of carboxylic acid groups (broad SMARTS) is 1. The van der Waals surface area contributed by atoms with Crippen LogP contribution in [0, 0.1) is 27.7 Å². The van der Waals surface area contributed by atoms with E-state index in [4.69, 9.17) is 33.0 Å². The van der Waals surface area contributed by atoms with E-state index < -0.39 is 11.9 Å². The number of benzene rings is 2. The first-order chi connectivity index (χ1) is 21.4. The fourth-order valence-corrected chi connectivity index (χ4v) is 6.88. The van der Waals surface area contributed by atoms with E-state index in [1.807, 2.05) is 63.7 Å². The van der Waals surface area contributed by atoms with Crippen molar-refractivity contribution in [2.45, 2.75) is 65.8 Å². The molecule has 45 heavy (non-hydrogen) atoms. The predicted octanol–water partition coefficient (Wildman–Crippen LogP) is 5.99. The van der Waals surface area contributed by atoms with Crippen LogP contribution in [0.5, 0.6) is 5.75 Å². The summed E-state index contributed by atoms with van der Waals surface area (Å²) in [6.45, 7) is 8.91. The van der Waals surface area contributed by atoms with E-state index >= 15 is 0 Å². The van der Waals surface area contributed by atoms with E-state index in [0.717, 1.165) is 61.1 Å². The molecule has 0 bridgehead atoms. The van der Waals surface area contributed by atoms with E-state index in [9.17, 15) is 14.4 Å². The number of amides is 2. The van der Waals surface area contributed by atoms with Crippen molar-refractivity contribution in [3.63, 3.8) is 0 Å². The molecule has 2 N–H and O–H groups in total. The molecule has 0 saturated carbocycles. The lowest BCUT2D eigenvalue weighted by molar-refractivity contribution is -0.156. The first-order valence-electron chi connectivity index (χ1n) is 15.1.